The number of ether oxygens (including phenoxy) is 3. The second-order valence-corrected chi connectivity index (χ2v) is 32.9. The summed E-state index contributed by atoms with van der Waals surface area (Å²) >= 11 is 0. The molecule has 3 aromatic heterocycles. The highest BCUT2D eigenvalue weighted by atomic mass is 16.5. The minimum Gasteiger partial charge on any atom is -0.453 e. The van der Waals surface area contributed by atoms with Crippen molar-refractivity contribution in [1.82, 2.24) is 28.7 Å². The van der Waals surface area contributed by atoms with Crippen LogP contribution >= 0.6 is 0 Å². The van der Waals surface area contributed by atoms with Crippen molar-refractivity contribution >= 4 is 97.7 Å². The van der Waals surface area contributed by atoms with E-state index < -0.39 is 0 Å². The highest BCUT2D eigenvalue weighted by molar-refractivity contribution is 6.23. The van der Waals surface area contributed by atoms with E-state index in [1.807, 2.05) is 42.5 Å². The molecule has 0 spiro atoms. The summed E-state index contributed by atoms with van der Waals surface area (Å²) in [5, 5.41) is 15.0. The predicted octanol–water partition coefficient (Wildman–Crippen LogP) is 31.3. The fraction of sp³-hybridized carbons (Fsp3) is 0.0513. The van der Waals surface area contributed by atoms with E-state index in [1.54, 1.807) is 0 Å². The van der Waals surface area contributed by atoms with Gasteiger partial charge in [-0.3, -0.25) is 13.7 Å². The van der Waals surface area contributed by atoms with Crippen LogP contribution in [0.1, 0.15) is 38.2 Å². The lowest BCUT2D eigenvalue weighted by atomic mass is 9.84. The van der Waals surface area contributed by atoms with Gasteiger partial charge in [-0.2, -0.15) is 0 Å². The lowest BCUT2D eigenvalue weighted by Gasteiger charge is -2.21. The van der Waals surface area contributed by atoms with Crippen molar-refractivity contribution in [3.8, 4) is 141 Å². The van der Waals surface area contributed by atoms with Crippen LogP contribution in [0.25, 0.3) is 204 Å². The fourth-order valence-corrected chi connectivity index (χ4v) is 19.4. The summed E-state index contributed by atoms with van der Waals surface area (Å²) < 4.78 is 26.0. The molecule has 0 saturated heterocycles. The Kier molecular flexibility index (Phi) is 17.6. The van der Waals surface area contributed by atoms with Crippen LogP contribution in [0.4, 0.5) is 0 Å². The fourth-order valence-electron chi connectivity index (χ4n) is 19.4. The number of para-hydroxylation sites is 3. The number of nitrogens with zero attached hydrogens (tertiary/aromatic N) is 6. The average Bonchev–Trinajstić information content (AvgIpc) is 1.12. The van der Waals surface area contributed by atoms with E-state index in [-0.39, 0.29) is 0 Å². The number of hydrogen-bond acceptors (Lipinski definition) is 6. The molecule has 6 heterocycles. The van der Waals surface area contributed by atoms with Crippen molar-refractivity contribution < 1.29 is 14.2 Å². The Bertz CT molecular complexity index is 8380. The summed E-state index contributed by atoms with van der Waals surface area (Å²) in [6.07, 6.45) is 2.58. The van der Waals surface area contributed by atoms with Crippen LogP contribution in [0, 0.1) is 0 Å². The third kappa shape index (κ3) is 12.6. The maximum atomic E-state index is 6.51. The molecule has 23 aromatic rings. The maximum Gasteiger partial charge on any atom is 0.153 e. The standard InChI is InChI=1S/C55H36N2O.2C31H22N2O/c1-2-52-56-48-16-9-17-50-55(48)57(52)49-29-27-41(33-51(49)58-50)37-20-18-36(19-21-37)40-26-28-46-47(32-40)54(43-25-23-35-11-4-6-13-39(35)31-43)45-15-8-7-14-44(45)53(46)42-24-22-34-10-3-5-12-38(34)30-42;1-2-30-32-26-8-5-9-28-31(26)33(30)27-17-16-25(19-29(27)34-28)22-12-10-21(11-13-22)24-15-14-20-6-3-4-7-23(20)18-24;1-2-30-32-26-9-6-10-28-31(26)33(30)27-16-15-25(19-29(27)34-28)24-14-13-22-17-21(11-12-23(22)18-24)20-7-4-3-5-8-20/h3-33H,2H2,1H3;2*3-19H,2H2,1H3. The van der Waals surface area contributed by atoms with E-state index in [0.717, 1.165) is 144 Å². The number of imidazole rings is 3. The Balaban J connectivity index is 0.000000112. The third-order valence-corrected chi connectivity index (χ3v) is 25.6. The van der Waals surface area contributed by atoms with Gasteiger partial charge in [0, 0.05) is 19.3 Å². The van der Waals surface area contributed by atoms with E-state index in [2.05, 4.69) is 386 Å². The highest BCUT2D eigenvalue weighted by Crippen LogP contribution is 2.50. The van der Waals surface area contributed by atoms with Crippen molar-refractivity contribution in [2.24, 2.45) is 0 Å². The van der Waals surface area contributed by atoms with Crippen LogP contribution in [0.15, 0.2) is 394 Å². The highest BCUT2D eigenvalue weighted by Gasteiger charge is 2.29. The molecule has 9 heteroatoms. The molecule has 26 rings (SSSR count). The van der Waals surface area contributed by atoms with Crippen molar-refractivity contribution in [3.63, 3.8) is 0 Å². The number of rotatable bonds is 11. The number of hydrogen-bond donors (Lipinski definition) is 0. The van der Waals surface area contributed by atoms with Gasteiger partial charge in [0.25, 0.3) is 0 Å². The number of aryl methyl sites for hydroxylation is 3. The van der Waals surface area contributed by atoms with Crippen molar-refractivity contribution in [3.05, 3.63) is 412 Å². The first-order valence-corrected chi connectivity index (χ1v) is 43.5. The molecule has 0 atom stereocenters. The Morgan fingerprint density at radius 3 is 0.841 bits per heavy atom. The quantitative estimate of drug-likeness (QED) is 0.120. The van der Waals surface area contributed by atoms with Gasteiger partial charge in [0.1, 0.15) is 34.0 Å². The summed E-state index contributed by atoms with van der Waals surface area (Å²) in [7, 11) is 0. The normalized spacial score (nSPS) is 12.1. The molecule has 596 valence electrons. The maximum absolute atomic E-state index is 6.51. The first kappa shape index (κ1) is 73.7. The van der Waals surface area contributed by atoms with E-state index >= 15 is 0 Å². The number of fused-ring (bicyclic) bond motifs is 12. The van der Waals surface area contributed by atoms with Crippen LogP contribution in [0.3, 0.4) is 0 Å². The minimum atomic E-state index is 0.844. The Labute approximate surface area is 728 Å². The molecule has 0 bridgehead atoms. The second-order valence-electron chi connectivity index (χ2n) is 32.9. The van der Waals surface area contributed by atoms with Gasteiger partial charge >= 0.3 is 0 Å². The van der Waals surface area contributed by atoms with Gasteiger partial charge in [-0.05, 0) is 263 Å². The number of aromatic nitrogens is 6. The predicted molar refractivity (Wildman–Crippen MR) is 520 cm³/mol. The monoisotopic (exact) mass is 1620 g/mol. The van der Waals surface area contributed by atoms with Crippen LogP contribution in [0.5, 0.6) is 34.5 Å². The lowest BCUT2D eigenvalue weighted by molar-refractivity contribution is 0.474. The molecule has 126 heavy (non-hydrogen) atoms. The number of benzene rings is 20. The smallest absolute Gasteiger partial charge is 0.153 e. The summed E-state index contributed by atoms with van der Waals surface area (Å²) in [4.78, 5) is 14.6. The average molecular weight is 1620 g/mol. The molecule has 0 saturated carbocycles. The molecule has 0 N–H and O–H groups in total. The minimum absolute atomic E-state index is 0.844. The molecule has 3 aliphatic heterocycles. The second kappa shape index (κ2) is 30.1. The van der Waals surface area contributed by atoms with Crippen molar-refractivity contribution in [2.45, 2.75) is 40.0 Å². The Morgan fingerprint density at radius 2 is 0.452 bits per heavy atom. The first-order valence-electron chi connectivity index (χ1n) is 43.5. The molecule has 20 aromatic carbocycles. The van der Waals surface area contributed by atoms with Crippen LogP contribution in [0.2, 0.25) is 0 Å². The topological polar surface area (TPSA) is 81.1 Å². The van der Waals surface area contributed by atoms with Gasteiger partial charge in [-0.1, -0.05) is 306 Å². The van der Waals surface area contributed by atoms with Crippen molar-refractivity contribution in [1.29, 1.82) is 0 Å². The summed E-state index contributed by atoms with van der Waals surface area (Å²) in [5.41, 5.74) is 28.3. The summed E-state index contributed by atoms with van der Waals surface area (Å²) in [6.45, 7) is 6.44. The van der Waals surface area contributed by atoms with E-state index in [0.29, 0.717) is 0 Å². The lowest BCUT2D eigenvalue weighted by Crippen LogP contribution is -2.07. The van der Waals surface area contributed by atoms with Gasteiger partial charge in [0.2, 0.25) is 0 Å². The zero-order valence-corrected chi connectivity index (χ0v) is 69.6. The molecule has 0 fully saturated rings. The Morgan fingerprint density at radius 1 is 0.190 bits per heavy atom. The van der Waals surface area contributed by atoms with Gasteiger partial charge in [-0.25, -0.2) is 15.0 Å². The van der Waals surface area contributed by atoms with Crippen molar-refractivity contribution in [2.75, 3.05) is 0 Å². The molecule has 0 radical (unpaired) electrons. The zero-order chi connectivity index (χ0) is 83.6. The van der Waals surface area contributed by atoms with E-state index in [4.69, 9.17) is 29.2 Å². The van der Waals surface area contributed by atoms with Gasteiger partial charge < -0.3 is 14.2 Å². The van der Waals surface area contributed by atoms with Gasteiger partial charge in [-0.15, -0.1) is 0 Å². The van der Waals surface area contributed by atoms with E-state index in [9.17, 15) is 0 Å². The third-order valence-electron chi connectivity index (χ3n) is 25.6. The summed E-state index contributed by atoms with van der Waals surface area (Å²) in [6, 6.07) is 142. The Hall–Kier alpha value is -16.2. The first-order chi connectivity index (χ1) is 62.2. The molecule has 3 aliphatic rings. The molecule has 9 nitrogen and oxygen atoms in total. The summed E-state index contributed by atoms with van der Waals surface area (Å²) in [5.74, 6) is 8.30. The van der Waals surface area contributed by atoms with Gasteiger partial charge in [0.15, 0.2) is 34.5 Å². The zero-order valence-electron chi connectivity index (χ0n) is 69.6. The molecule has 0 unspecified atom stereocenters. The van der Waals surface area contributed by atoms with Gasteiger partial charge in [0.05, 0.1) is 33.6 Å². The molecule has 0 amide bonds. The SMILES string of the molecule is CCc1nc2cccc3c2n1-c1ccc(-c2ccc(-c4ccc5c(-c6ccc7ccccc7c6)c6ccccc6c(-c6ccc7ccccc7c6)c5c4)cc2)cc1O3.CCc1nc2cccc3c2n1-c1ccc(-c2ccc(-c4ccc5ccccc5c4)cc2)cc1O3.CCc1nc2cccc3c2n1-c1ccc(-c2ccc4cc(-c5ccccc5)ccc4c2)cc1O3. The van der Waals surface area contributed by atoms with Crippen LogP contribution in [-0.2, 0) is 19.3 Å². The van der Waals surface area contributed by atoms with Crippen LogP contribution in [-0.4, -0.2) is 28.7 Å². The van der Waals surface area contributed by atoms with Crippen LogP contribution < -0.4 is 14.2 Å². The molecular formula is C117H80N6O3. The molecular weight excluding hydrogens is 1540 g/mol. The van der Waals surface area contributed by atoms with E-state index in [1.165, 1.54) is 131 Å². The molecule has 0 aliphatic carbocycles. The largest absolute Gasteiger partial charge is 0.453 e.